The SMILES string of the molecule is O=c1[nH]c2ccc(N3CCC(C(F)(F)F)CC3)cc2c(=O)n1-c1ccc(Cl)cc1. The first-order chi connectivity index (χ1) is 13.7. The van der Waals surface area contributed by atoms with Crippen LogP contribution in [0.3, 0.4) is 0 Å². The van der Waals surface area contributed by atoms with Crippen LogP contribution in [0.2, 0.25) is 5.02 Å². The van der Waals surface area contributed by atoms with Gasteiger partial charge in [-0.2, -0.15) is 13.2 Å². The van der Waals surface area contributed by atoms with Gasteiger partial charge in [-0.05, 0) is 55.3 Å². The molecule has 0 radical (unpaired) electrons. The molecule has 3 aromatic rings. The van der Waals surface area contributed by atoms with Gasteiger partial charge in [0, 0.05) is 23.8 Å². The van der Waals surface area contributed by atoms with E-state index in [2.05, 4.69) is 4.98 Å². The molecular formula is C20H17ClF3N3O2. The highest BCUT2D eigenvalue weighted by Gasteiger charge is 2.41. The first kappa shape index (κ1) is 19.6. The third kappa shape index (κ3) is 3.76. The molecule has 29 heavy (non-hydrogen) atoms. The van der Waals surface area contributed by atoms with E-state index in [4.69, 9.17) is 11.6 Å². The number of aromatic amines is 1. The summed E-state index contributed by atoms with van der Waals surface area (Å²) in [5, 5.41) is 0.763. The van der Waals surface area contributed by atoms with Gasteiger partial charge in [-0.1, -0.05) is 11.6 Å². The van der Waals surface area contributed by atoms with Crippen molar-refractivity contribution in [3.63, 3.8) is 0 Å². The predicted octanol–water partition coefficient (Wildman–Crippen LogP) is 4.11. The molecule has 9 heteroatoms. The fraction of sp³-hybridized carbons (Fsp3) is 0.300. The number of benzene rings is 2. The number of piperidine rings is 1. The van der Waals surface area contributed by atoms with Gasteiger partial charge < -0.3 is 9.88 Å². The van der Waals surface area contributed by atoms with Crippen LogP contribution in [0.1, 0.15) is 12.8 Å². The maximum absolute atomic E-state index is 13.0. The molecule has 1 saturated heterocycles. The molecule has 5 nitrogen and oxygen atoms in total. The van der Waals surface area contributed by atoms with Crippen molar-refractivity contribution < 1.29 is 13.2 Å². The Morgan fingerprint density at radius 1 is 0.966 bits per heavy atom. The van der Waals surface area contributed by atoms with Crippen LogP contribution in [-0.4, -0.2) is 28.8 Å². The third-order valence-electron chi connectivity index (χ3n) is 5.29. The molecule has 0 spiro atoms. The number of fused-ring (bicyclic) bond motifs is 1. The molecule has 1 aromatic heterocycles. The van der Waals surface area contributed by atoms with Crippen LogP contribution in [0.25, 0.3) is 16.6 Å². The summed E-state index contributed by atoms with van der Waals surface area (Å²) in [5.41, 5.74) is 0.324. The minimum absolute atomic E-state index is 0.0160. The Morgan fingerprint density at radius 3 is 2.21 bits per heavy atom. The maximum atomic E-state index is 13.0. The Bertz CT molecular complexity index is 1160. The molecule has 1 N–H and O–H groups in total. The normalized spacial score (nSPS) is 15.8. The van der Waals surface area contributed by atoms with Crippen molar-refractivity contribution in [3.05, 3.63) is 68.3 Å². The Hall–Kier alpha value is -2.74. The highest BCUT2D eigenvalue weighted by Crippen LogP contribution is 2.35. The number of halogens is 4. The molecule has 1 aliphatic heterocycles. The fourth-order valence-corrected chi connectivity index (χ4v) is 3.81. The van der Waals surface area contributed by atoms with Gasteiger partial charge in [-0.15, -0.1) is 0 Å². The van der Waals surface area contributed by atoms with Crippen LogP contribution >= 0.6 is 11.6 Å². The molecule has 4 rings (SSSR count). The van der Waals surface area contributed by atoms with Crippen molar-refractivity contribution in [2.75, 3.05) is 18.0 Å². The van der Waals surface area contributed by atoms with Crippen LogP contribution in [0.5, 0.6) is 0 Å². The largest absolute Gasteiger partial charge is 0.391 e. The molecule has 2 heterocycles. The number of anilines is 1. The number of hydrogen-bond acceptors (Lipinski definition) is 3. The standard InChI is InChI=1S/C20H17ClF3N3O2/c21-13-1-3-14(4-2-13)27-18(28)16-11-15(5-6-17(16)25-19(27)29)26-9-7-12(8-10-26)20(22,23)24/h1-6,11-12H,7-10H2,(H,25,29). The first-order valence-corrected chi connectivity index (χ1v) is 9.48. The first-order valence-electron chi connectivity index (χ1n) is 9.11. The van der Waals surface area contributed by atoms with Gasteiger partial charge >= 0.3 is 11.9 Å². The third-order valence-corrected chi connectivity index (χ3v) is 5.54. The molecule has 1 aliphatic rings. The van der Waals surface area contributed by atoms with E-state index in [-0.39, 0.29) is 31.3 Å². The van der Waals surface area contributed by atoms with E-state index in [0.29, 0.717) is 21.9 Å². The van der Waals surface area contributed by atoms with Crippen molar-refractivity contribution in [1.82, 2.24) is 9.55 Å². The van der Waals surface area contributed by atoms with Crippen molar-refractivity contribution in [2.24, 2.45) is 5.92 Å². The van der Waals surface area contributed by atoms with E-state index >= 15 is 0 Å². The van der Waals surface area contributed by atoms with Gasteiger partial charge in [0.1, 0.15) is 0 Å². The second-order valence-corrected chi connectivity index (χ2v) is 7.52. The molecule has 0 saturated carbocycles. The van der Waals surface area contributed by atoms with Gasteiger partial charge in [0.25, 0.3) is 5.56 Å². The zero-order chi connectivity index (χ0) is 20.8. The highest BCUT2D eigenvalue weighted by molar-refractivity contribution is 6.30. The maximum Gasteiger partial charge on any atom is 0.391 e. The lowest BCUT2D eigenvalue weighted by molar-refractivity contribution is -0.179. The summed E-state index contributed by atoms with van der Waals surface area (Å²) in [7, 11) is 0. The summed E-state index contributed by atoms with van der Waals surface area (Å²) in [5.74, 6) is -1.29. The van der Waals surface area contributed by atoms with Crippen molar-refractivity contribution in [3.8, 4) is 5.69 Å². The quantitative estimate of drug-likeness (QED) is 0.674. The highest BCUT2D eigenvalue weighted by atomic mass is 35.5. The second-order valence-electron chi connectivity index (χ2n) is 7.08. The smallest absolute Gasteiger partial charge is 0.371 e. The molecule has 0 unspecified atom stereocenters. The summed E-state index contributed by atoms with van der Waals surface area (Å²) in [6.45, 7) is 0.509. The monoisotopic (exact) mass is 423 g/mol. The Kier molecular flexibility index (Phi) is 4.90. The lowest BCUT2D eigenvalue weighted by Crippen LogP contribution is -2.39. The molecule has 1 fully saturated rings. The number of aromatic nitrogens is 2. The average molecular weight is 424 g/mol. The van der Waals surface area contributed by atoms with Crippen molar-refractivity contribution in [1.29, 1.82) is 0 Å². The van der Waals surface area contributed by atoms with Gasteiger partial charge in [0.05, 0.1) is 22.5 Å². The summed E-state index contributed by atoms with van der Waals surface area (Å²) >= 11 is 5.87. The van der Waals surface area contributed by atoms with Crippen LogP contribution < -0.4 is 16.1 Å². The number of H-pyrrole nitrogens is 1. The predicted molar refractivity (Wildman–Crippen MR) is 106 cm³/mol. The average Bonchev–Trinajstić information content (AvgIpc) is 2.69. The summed E-state index contributed by atoms with van der Waals surface area (Å²) in [6, 6.07) is 11.2. The second kappa shape index (κ2) is 7.26. The van der Waals surface area contributed by atoms with E-state index in [0.717, 1.165) is 4.57 Å². The van der Waals surface area contributed by atoms with Gasteiger partial charge in [0.2, 0.25) is 0 Å². The van der Waals surface area contributed by atoms with E-state index in [9.17, 15) is 22.8 Å². The fourth-order valence-electron chi connectivity index (χ4n) is 3.69. The number of rotatable bonds is 2. The van der Waals surface area contributed by atoms with Crippen LogP contribution in [0.15, 0.2) is 52.1 Å². The minimum atomic E-state index is -4.18. The number of nitrogens with one attached hydrogen (secondary N) is 1. The van der Waals surface area contributed by atoms with Crippen LogP contribution in [0, 0.1) is 5.92 Å². The number of nitrogens with zero attached hydrogens (tertiary/aromatic N) is 2. The summed E-state index contributed by atoms with van der Waals surface area (Å²) < 4.78 is 39.7. The van der Waals surface area contributed by atoms with Crippen LogP contribution in [0.4, 0.5) is 18.9 Å². The van der Waals surface area contributed by atoms with Crippen molar-refractivity contribution >= 4 is 28.2 Å². The van der Waals surface area contributed by atoms with Gasteiger partial charge in [0.15, 0.2) is 0 Å². The summed E-state index contributed by atoms with van der Waals surface area (Å²) in [6.07, 6.45) is -4.15. The summed E-state index contributed by atoms with van der Waals surface area (Å²) in [4.78, 5) is 29.9. The number of alkyl halides is 3. The molecule has 152 valence electrons. The van der Waals surface area contributed by atoms with E-state index in [1.165, 1.54) is 0 Å². The van der Waals surface area contributed by atoms with Gasteiger partial charge in [-0.3, -0.25) is 4.79 Å². The lowest BCUT2D eigenvalue weighted by Gasteiger charge is -2.34. The topological polar surface area (TPSA) is 58.1 Å². The lowest BCUT2D eigenvalue weighted by atomic mass is 9.96. The molecule has 0 aliphatic carbocycles. The molecule has 0 atom stereocenters. The molecule has 0 amide bonds. The van der Waals surface area contributed by atoms with E-state index in [1.54, 1.807) is 42.5 Å². The van der Waals surface area contributed by atoms with E-state index in [1.807, 2.05) is 4.90 Å². The Labute approximate surface area is 168 Å². The minimum Gasteiger partial charge on any atom is -0.371 e. The van der Waals surface area contributed by atoms with Gasteiger partial charge in [-0.25, -0.2) is 9.36 Å². The van der Waals surface area contributed by atoms with E-state index < -0.39 is 23.3 Å². The zero-order valence-corrected chi connectivity index (χ0v) is 15.9. The Balaban J connectivity index is 1.72. The molecule has 0 bridgehead atoms. The Morgan fingerprint density at radius 2 is 1.59 bits per heavy atom. The van der Waals surface area contributed by atoms with Crippen LogP contribution in [-0.2, 0) is 0 Å². The zero-order valence-electron chi connectivity index (χ0n) is 15.2. The number of hydrogen-bond donors (Lipinski definition) is 1. The van der Waals surface area contributed by atoms with Crippen molar-refractivity contribution in [2.45, 2.75) is 19.0 Å². The molecular weight excluding hydrogens is 407 g/mol. The molecule has 2 aromatic carbocycles.